The molecule has 0 amide bonds. The smallest absolute Gasteiger partial charge is 0.0765 e. The molecule has 0 heterocycles. The van der Waals surface area contributed by atoms with Crippen LogP contribution in [-0.4, -0.2) is 56.9 Å². The van der Waals surface area contributed by atoms with E-state index in [2.05, 4.69) is 0 Å². The molecule has 0 saturated carbocycles. The fraction of sp³-hybridized carbons (Fsp3) is 1.00. The summed E-state index contributed by atoms with van der Waals surface area (Å²) in [5.74, 6) is 0. The van der Waals surface area contributed by atoms with Crippen molar-refractivity contribution in [2.75, 3.05) is 40.1 Å². The Hall–Kier alpha value is -0.200. The molecular weight excluding hydrogens is 222 g/mol. The number of nitrogens with two attached hydrogens (primary N) is 1. The van der Waals surface area contributed by atoms with Gasteiger partial charge in [-0.2, -0.15) is 0 Å². The van der Waals surface area contributed by atoms with Crippen molar-refractivity contribution in [1.29, 1.82) is 0 Å². The SMILES string of the molecule is COCCOCCCOC(C)CC(C)(O)CN. The molecule has 0 aromatic heterocycles. The fourth-order valence-corrected chi connectivity index (χ4v) is 1.45. The molecule has 0 aromatic carbocycles. The number of ether oxygens (including phenoxy) is 3. The van der Waals surface area contributed by atoms with E-state index >= 15 is 0 Å². The predicted molar refractivity (Wildman–Crippen MR) is 67.0 cm³/mol. The zero-order valence-electron chi connectivity index (χ0n) is 11.3. The summed E-state index contributed by atoms with van der Waals surface area (Å²) in [6, 6.07) is 0. The Kier molecular flexibility index (Phi) is 9.68. The third-order valence-electron chi connectivity index (χ3n) is 2.43. The van der Waals surface area contributed by atoms with E-state index in [0.717, 1.165) is 6.42 Å². The first kappa shape index (κ1) is 16.8. The van der Waals surface area contributed by atoms with Gasteiger partial charge in [-0.15, -0.1) is 0 Å². The van der Waals surface area contributed by atoms with Crippen LogP contribution in [0.15, 0.2) is 0 Å². The summed E-state index contributed by atoms with van der Waals surface area (Å²) in [6.07, 6.45) is 1.40. The van der Waals surface area contributed by atoms with Crippen molar-refractivity contribution in [2.24, 2.45) is 5.73 Å². The van der Waals surface area contributed by atoms with Crippen LogP contribution in [0.4, 0.5) is 0 Å². The van der Waals surface area contributed by atoms with Gasteiger partial charge in [0.05, 0.1) is 24.9 Å². The van der Waals surface area contributed by atoms with Crippen molar-refractivity contribution in [3.8, 4) is 0 Å². The lowest BCUT2D eigenvalue weighted by atomic mass is 9.99. The first-order chi connectivity index (χ1) is 8.02. The number of rotatable bonds is 11. The maximum atomic E-state index is 9.75. The summed E-state index contributed by atoms with van der Waals surface area (Å²) in [5, 5.41) is 9.75. The number of aliphatic hydroxyl groups is 1. The van der Waals surface area contributed by atoms with Crippen LogP contribution >= 0.6 is 0 Å². The minimum Gasteiger partial charge on any atom is -0.389 e. The third kappa shape index (κ3) is 10.7. The van der Waals surface area contributed by atoms with Crippen LogP contribution < -0.4 is 5.73 Å². The lowest BCUT2D eigenvalue weighted by Crippen LogP contribution is -2.37. The Morgan fingerprint density at radius 1 is 1.24 bits per heavy atom. The topological polar surface area (TPSA) is 73.9 Å². The fourth-order valence-electron chi connectivity index (χ4n) is 1.45. The average molecular weight is 249 g/mol. The van der Waals surface area contributed by atoms with Gasteiger partial charge < -0.3 is 25.1 Å². The average Bonchev–Trinajstić information content (AvgIpc) is 2.27. The van der Waals surface area contributed by atoms with Crippen LogP contribution in [-0.2, 0) is 14.2 Å². The molecule has 0 aliphatic carbocycles. The maximum absolute atomic E-state index is 9.75. The van der Waals surface area contributed by atoms with E-state index in [-0.39, 0.29) is 12.6 Å². The van der Waals surface area contributed by atoms with Crippen LogP contribution in [0.3, 0.4) is 0 Å². The van der Waals surface area contributed by atoms with Gasteiger partial charge in [0.2, 0.25) is 0 Å². The summed E-state index contributed by atoms with van der Waals surface area (Å²) in [4.78, 5) is 0. The quantitative estimate of drug-likeness (QED) is 0.523. The van der Waals surface area contributed by atoms with E-state index < -0.39 is 5.60 Å². The largest absolute Gasteiger partial charge is 0.389 e. The minimum absolute atomic E-state index is 0.00697. The van der Waals surface area contributed by atoms with Crippen molar-refractivity contribution in [2.45, 2.75) is 38.4 Å². The summed E-state index contributed by atoms with van der Waals surface area (Å²) in [5.41, 5.74) is 4.60. The molecule has 0 aliphatic heterocycles. The van der Waals surface area contributed by atoms with E-state index in [1.54, 1.807) is 14.0 Å². The second kappa shape index (κ2) is 9.79. The number of methoxy groups -OCH3 is 1. The third-order valence-corrected chi connectivity index (χ3v) is 2.43. The van der Waals surface area contributed by atoms with Crippen molar-refractivity contribution >= 4 is 0 Å². The Morgan fingerprint density at radius 3 is 2.53 bits per heavy atom. The lowest BCUT2D eigenvalue weighted by Gasteiger charge is -2.25. The van der Waals surface area contributed by atoms with Gasteiger partial charge in [0.15, 0.2) is 0 Å². The van der Waals surface area contributed by atoms with E-state index in [9.17, 15) is 5.11 Å². The Labute approximate surface area is 104 Å². The molecule has 0 aromatic rings. The normalized spacial score (nSPS) is 16.8. The Morgan fingerprint density at radius 2 is 1.94 bits per heavy atom. The molecule has 0 radical (unpaired) electrons. The van der Waals surface area contributed by atoms with Crippen LogP contribution in [0.25, 0.3) is 0 Å². The van der Waals surface area contributed by atoms with E-state index in [4.69, 9.17) is 19.9 Å². The van der Waals surface area contributed by atoms with Crippen LogP contribution in [0.2, 0.25) is 0 Å². The van der Waals surface area contributed by atoms with Gasteiger partial charge in [0.25, 0.3) is 0 Å². The first-order valence-corrected chi connectivity index (χ1v) is 6.12. The summed E-state index contributed by atoms with van der Waals surface area (Å²) in [6.45, 7) is 6.46. The number of hydrogen-bond donors (Lipinski definition) is 2. The summed E-state index contributed by atoms with van der Waals surface area (Å²) >= 11 is 0. The molecule has 5 heteroatoms. The molecule has 0 rings (SSSR count). The van der Waals surface area contributed by atoms with Gasteiger partial charge in [-0.05, 0) is 20.3 Å². The molecule has 0 bridgehead atoms. The van der Waals surface area contributed by atoms with E-state index in [1.807, 2.05) is 6.92 Å². The molecule has 0 aliphatic rings. The highest BCUT2D eigenvalue weighted by Gasteiger charge is 2.21. The molecule has 0 saturated heterocycles. The van der Waals surface area contributed by atoms with Gasteiger partial charge in [-0.25, -0.2) is 0 Å². The van der Waals surface area contributed by atoms with Gasteiger partial charge in [-0.3, -0.25) is 0 Å². The molecule has 3 N–H and O–H groups in total. The highest BCUT2D eigenvalue weighted by molar-refractivity contribution is 4.76. The molecular formula is C12H27NO4. The highest BCUT2D eigenvalue weighted by atomic mass is 16.5. The second-order valence-corrected chi connectivity index (χ2v) is 4.55. The standard InChI is InChI=1S/C12H27NO4/c1-11(9-12(2,14)10-13)17-6-4-5-16-8-7-15-3/h11,14H,4-10,13H2,1-3H3. The van der Waals surface area contributed by atoms with Crippen molar-refractivity contribution in [1.82, 2.24) is 0 Å². The van der Waals surface area contributed by atoms with Gasteiger partial charge in [0, 0.05) is 33.3 Å². The van der Waals surface area contributed by atoms with Gasteiger partial charge in [-0.1, -0.05) is 0 Å². The monoisotopic (exact) mass is 249 g/mol. The first-order valence-electron chi connectivity index (χ1n) is 6.12. The predicted octanol–water partition coefficient (Wildman–Crippen LogP) is 0.544. The second-order valence-electron chi connectivity index (χ2n) is 4.55. The minimum atomic E-state index is -0.839. The highest BCUT2D eigenvalue weighted by Crippen LogP contribution is 2.12. The molecule has 2 unspecified atom stereocenters. The Balaban J connectivity index is 3.36. The molecule has 0 fully saturated rings. The molecule has 5 nitrogen and oxygen atoms in total. The van der Waals surface area contributed by atoms with Crippen LogP contribution in [0.1, 0.15) is 26.7 Å². The molecule has 17 heavy (non-hydrogen) atoms. The molecule has 2 atom stereocenters. The summed E-state index contributed by atoms with van der Waals surface area (Å²) < 4.78 is 15.7. The van der Waals surface area contributed by atoms with Gasteiger partial charge >= 0.3 is 0 Å². The maximum Gasteiger partial charge on any atom is 0.0765 e. The molecule has 0 spiro atoms. The number of hydrogen-bond acceptors (Lipinski definition) is 5. The van der Waals surface area contributed by atoms with Crippen LogP contribution in [0, 0.1) is 0 Å². The van der Waals surface area contributed by atoms with E-state index in [1.165, 1.54) is 0 Å². The van der Waals surface area contributed by atoms with Crippen LogP contribution in [0.5, 0.6) is 0 Å². The van der Waals surface area contributed by atoms with Gasteiger partial charge in [0.1, 0.15) is 0 Å². The zero-order valence-corrected chi connectivity index (χ0v) is 11.3. The molecule has 104 valence electrons. The van der Waals surface area contributed by atoms with Crippen molar-refractivity contribution in [3.05, 3.63) is 0 Å². The van der Waals surface area contributed by atoms with Crippen molar-refractivity contribution in [3.63, 3.8) is 0 Å². The zero-order chi connectivity index (χ0) is 13.1. The summed E-state index contributed by atoms with van der Waals surface area (Å²) in [7, 11) is 1.65. The Bertz CT molecular complexity index is 176. The van der Waals surface area contributed by atoms with E-state index in [0.29, 0.717) is 32.8 Å². The lowest BCUT2D eigenvalue weighted by molar-refractivity contribution is -0.0239. The van der Waals surface area contributed by atoms with Crippen molar-refractivity contribution < 1.29 is 19.3 Å².